The molecule has 0 saturated heterocycles. The van der Waals surface area contributed by atoms with Gasteiger partial charge in [0, 0.05) is 13.5 Å². The average molecular weight is 246 g/mol. The van der Waals surface area contributed by atoms with Crippen LogP contribution in [-0.4, -0.2) is 25.0 Å². The van der Waals surface area contributed by atoms with E-state index >= 15 is 0 Å². The number of rotatable bonds is 3. The van der Waals surface area contributed by atoms with Gasteiger partial charge in [0.1, 0.15) is 5.75 Å². The second-order valence-corrected chi connectivity index (χ2v) is 3.93. The van der Waals surface area contributed by atoms with Crippen LogP contribution in [0.5, 0.6) is 5.75 Å². The first-order valence-electron chi connectivity index (χ1n) is 5.63. The SMILES string of the molecule is CC(=O)NCC=Cc1ccc2c(c1)NC(=O)CO2. The van der Waals surface area contributed by atoms with Crippen molar-refractivity contribution >= 4 is 23.6 Å². The second-order valence-electron chi connectivity index (χ2n) is 3.93. The van der Waals surface area contributed by atoms with Gasteiger partial charge >= 0.3 is 0 Å². The van der Waals surface area contributed by atoms with Crippen LogP contribution in [0.3, 0.4) is 0 Å². The van der Waals surface area contributed by atoms with Crippen LogP contribution in [0.25, 0.3) is 6.08 Å². The molecule has 0 fully saturated rings. The highest BCUT2D eigenvalue weighted by Crippen LogP contribution is 2.28. The van der Waals surface area contributed by atoms with Gasteiger partial charge in [-0.2, -0.15) is 0 Å². The molecule has 0 aromatic heterocycles. The lowest BCUT2D eigenvalue weighted by molar-refractivity contribution is -0.119. The molecule has 2 N–H and O–H groups in total. The number of fused-ring (bicyclic) bond motifs is 1. The monoisotopic (exact) mass is 246 g/mol. The van der Waals surface area contributed by atoms with E-state index in [-0.39, 0.29) is 18.4 Å². The molecule has 5 nitrogen and oxygen atoms in total. The Morgan fingerprint density at radius 3 is 3.17 bits per heavy atom. The molecule has 18 heavy (non-hydrogen) atoms. The van der Waals surface area contributed by atoms with E-state index < -0.39 is 0 Å². The van der Waals surface area contributed by atoms with E-state index in [2.05, 4.69) is 10.6 Å². The zero-order chi connectivity index (χ0) is 13.0. The van der Waals surface area contributed by atoms with Gasteiger partial charge in [-0.1, -0.05) is 18.2 Å². The van der Waals surface area contributed by atoms with E-state index in [1.807, 2.05) is 30.4 Å². The minimum atomic E-state index is -0.151. The Bertz CT molecular complexity index is 509. The van der Waals surface area contributed by atoms with Gasteiger partial charge in [-0.15, -0.1) is 0 Å². The summed E-state index contributed by atoms with van der Waals surface area (Å²) in [6, 6.07) is 5.53. The molecule has 0 radical (unpaired) electrons. The number of carbonyl (C=O) groups excluding carboxylic acids is 2. The molecular formula is C13H14N2O3. The third kappa shape index (κ3) is 3.10. The number of nitrogens with one attached hydrogen (secondary N) is 2. The summed E-state index contributed by atoms with van der Waals surface area (Å²) in [5, 5.41) is 5.41. The van der Waals surface area contributed by atoms with Gasteiger partial charge in [-0.25, -0.2) is 0 Å². The molecule has 5 heteroatoms. The number of amides is 2. The van der Waals surface area contributed by atoms with Gasteiger partial charge in [0.05, 0.1) is 5.69 Å². The van der Waals surface area contributed by atoms with Crippen molar-refractivity contribution in [2.45, 2.75) is 6.92 Å². The minimum Gasteiger partial charge on any atom is -0.482 e. The van der Waals surface area contributed by atoms with Crippen LogP contribution in [0.4, 0.5) is 5.69 Å². The number of carbonyl (C=O) groups is 2. The molecule has 94 valence electrons. The predicted octanol–water partition coefficient (Wildman–Crippen LogP) is 1.17. The third-order valence-electron chi connectivity index (χ3n) is 2.42. The average Bonchev–Trinajstić information content (AvgIpc) is 2.34. The summed E-state index contributed by atoms with van der Waals surface area (Å²) < 4.78 is 5.25. The maximum atomic E-state index is 11.2. The Morgan fingerprint density at radius 2 is 2.39 bits per heavy atom. The van der Waals surface area contributed by atoms with Crippen molar-refractivity contribution < 1.29 is 14.3 Å². The summed E-state index contributed by atoms with van der Waals surface area (Å²) in [5.41, 5.74) is 1.61. The molecule has 1 heterocycles. The van der Waals surface area contributed by atoms with Crippen molar-refractivity contribution in [1.29, 1.82) is 0 Å². The van der Waals surface area contributed by atoms with E-state index in [0.717, 1.165) is 5.56 Å². The van der Waals surface area contributed by atoms with Crippen LogP contribution in [0.1, 0.15) is 12.5 Å². The zero-order valence-electron chi connectivity index (χ0n) is 10.0. The van der Waals surface area contributed by atoms with Gasteiger partial charge in [-0.05, 0) is 17.7 Å². The van der Waals surface area contributed by atoms with Crippen molar-refractivity contribution in [3.63, 3.8) is 0 Å². The van der Waals surface area contributed by atoms with Gasteiger partial charge in [-0.3, -0.25) is 9.59 Å². The molecular weight excluding hydrogens is 232 g/mol. The van der Waals surface area contributed by atoms with E-state index in [1.165, 1.54) is 6.92 Å². The maximum absolute atomic E-state index is 11.2. The topological polar surface area (TPSA) is 67.4 Å². The van der Waals surface area contributed by atoms with E-state index in [0.29, 0.717) is 18.0 Å². The van der Waals surface area contributed by atoms with Gasteiger partial charge in [0.25, 0.3) is 5.91 Å². The number of ether oxygens (including phenoxy) is 1. The van der Waals surface area contributed by atoms with Gasteiger partial charge < -0.3 is 15.4 Å². The molecule has 1 aromatic rings. The number of benzene rings is 1. The summed E-state index contributed by atoms with van der Waals surface area (Å²) in [7, 11) is 0. The Kier molecular flexibility index (Phi) is 3.62. The normalized spacial score (nSPS) is 13.7. The summed E-state index contributed by atoms with van der Waals surface area (Å²) in [6.07, 6.45) is 3.71. The van der Waals surface area contributed by atoms with Crippen molar-refractivity contribution in [3.8, 4) is 5.75 Å². The number of hydrogen-bond donors (Lipinski definition) is 2. The highest BCUT2D eigenvalue weighted by atomic mass is 16.5. The molecule has 1 aromatic carbocycles. The largest absolute Gasteiger partial charge is 0.482 e. The molecule has 0 saturated carbocycles. The Morgan fingerprint density at radius 1 is 1.56 bits per heavy atom. The smallest absolute Gasteiger partial charge is 0.262 e. The fourth-order valence-corrected chi connectivity index (χ4v) is 1.60. The highest BCUT2D eigenvalue weighted by molar-refractivity contribution is 5.95. The quantitative estimate of drug-likeness (QED) is 0.841. The van der Waals surface area contributed by atoms with Crippen molar-refractivity contribution in [1.82, 2.24) is 5.32 Å². The Labute approximate surface area is 105 Å². The molecule has 0 unspecified atom stereocenters. The lowest BCUT2D eigenvalue weighted by Crippen LogP contribution is -2.25. The summed E-state index contributed by atoms with van der Waals surface area (Å²) >= 11 is 0. The first-order chi connectivity index (χ1) is 8.65. The molecule has 0 aliphatic carbocycles. The molecule has 1 aliphatic heterocycles. The Hall–Kier alpha value is -2.30. The van der Waals surface area contributed by atoms with Crippen molar-refractivity contribution in [2.75, 3.05) is 18.5 Å². The van der Waals surface area contributed by atoms with Gasteiger partial charge in [0.2, 0.25) is 5.91 Å². The highest BCUT2D eigenvalue weighted by Gasteiger charge is 2.15. The lowest BCUT2D eigenvalue weighted by Gasteiger charge is -2.17. The van der Waals surface area contributed by atoms with Crippen molar-refractivity contribution in [2.24, 2.45) is 0 Å². The van der Waals surface area contributed by atoms with Crippen LogP contribution in [0.2, 0.25) is 0 Å². The number of anilines is 1. The van der Waals surface area contributed by atoms with E-state index in [4.69, 9.17) is 4.74 Å². The number of hydrogen-bond acceptors (Lipinski definition) is 3. The van der Waals surface area contributed by atoms with Crippen LogP contribution in [0, 0.1) is 0 Å². The Balaban J connectivity index is 2.04. The molecule has 2 amide bonds. The first-order valence-corrected chi connectivity index (χ1v) is 5.63. The van der Waals surface area contributed by atoms with E-state index in [9.17, 15) is 9.59 Å². The van der Waals surface area contributed by atoms with E-state index in [1.54, 1.807) is 0 Å². The van der Waals surface area contributed by atoms with Crippen LogP contribution in [-0.2, 0) is 9.59 Å². The summed E-state index contributed by atoms with van der Waals surface area (Å²) in [6.45, 7) is 2.01. The molecule has 1 aliphatic rings. The molecule has 2 rings (SSSR count). The summed E-state index contributed by atoms with van der Waals surface area (Å²) in [5.74, 6) is 0.459. The van der Waals surface area contributed by atoms with Crippen LogP contribution in [0.15, 0.2) is 24.3 Å². The molecule has 0 bridgehead atoms. The lowest BCUT2D eigenvalue weighted by atomic mass is 10.1. The third-order valence-corrected chi connectivity index (χ3v) is 2.42. The zero-order valence-corrected chi connectivity index (χ0v) is 10.0. The second kappa shape index (κ2) is 5.35. The van der Waals surface area contributed by atoms with Crippen molar-refractivity contribution in [3.05, 3.63) is 29.8 Å². The fourth-order valence-electron chi connectivity index (χ4n) is 1.60. The minimum absolute atomic E-state index is 0.0602. The van der Waals surface area contributed by atoms with Gasteiger partial charge in [0.15, 0.2) is 6.61 Å². The summed E-state index contributed by atoms with van der Waals surface area (Å²) in [4.78, 5) is 21.8. The fraction of sp³-hybridized carbons (Fsp3) is 0.231. The standard InChI is InChI=1S/C13H14N2O3/c1-9(16)14-6-2-3-10-4-5-12-11(7-10)15-13(17)8-18-12/h2-5,7H,6,8H2,1H3,(H,14,16)(H,15,17). The van der Waals surface area contributed by atoms with Crippen LogP contribution < -0.4 is 15.4 Å². The predicted molar refractivity (Wildman–Crippen MR) is 68.3 cm³/mol. The van der Waals surface area contributed by atoms with Crippen LogP contribution >= 0.6 is 0 Å². The molecule has 0 atom stereocenters. The first kappa shape index (κ1) is 12.2. The maximum Gasteiger partial charge on any atom is 0.262 e. The molecule has 0 spiro atoms.